The van der Waals surface area contributed by atoms with Gasteiger partial charge in [-0.15, -0.1) is 0 Å². The van der Waals surface area contributed by atoms with E-state index in [-0.39, 0.29) is 10.3 Å². The molecule has 7 heteroatoms. The minimum atomic E-state index is -1.07. The molecule has 1 aromatic rings. The third kappa shape index (κ3) is 2.20. The maximum absolute atomic E-state index is 11.8. The van der Waals surface area contributed by atoms with Crippen LogP contribution in [0.3, 0.4) is 0 Å². The van der Waals surface area contributed by atoms with Crippen molar-refractivity contribution in [2.45, 2.75) is 20.0 Å². The molecular weight excluding hydrogens is 230 g/mol. The zero-order valence-corrected chi connectivity index (χ0v) is 9.75. The fraction of sp³-hybridized carbons (Fsp3) is 0.444. The van der Waals surface area contributed by atoms with E-state index in [9.17, 15) is 9.59 Å². The van der Waals surface area contributed by atoms with E-state index >= 15 is 0 Å². The number of aryl methyl sites for hydroxylation is 1. The van der Waals surface area contributed by atoms with Gasteiger partial charge < -0.3 is 15.8 Å². The lowest BCUT2D eigenvalue weighted by molar-refractivity contribution is -0.142. The van der Waals surface area contributed by atoms with Crippen molar-refractivity contribution < 1.29 is 9.90 Å². The molecule has 0 aliphatic rings. The number of aliphatic carboxylic acids is 1. The first-order valence-electron chi connectivity index (χ1n) is 4.65. The van der Waals surface area contributed by atoms with Crippen LogP contribution in [0.1, 0.15) is 18.7 Å². The number of rotatable bonds is 3. The summed E-state index contributed by atoms with van der Waals surface area (Å²) >= 11 is 4.92. The number of aromatic nitrogens is 2. The SMILES string of the molecule is Cc1c[nH]c(=S)n(C(N)C(C)C(=O)O)c1=O. The molecule has 0 aliphatic carbocycles. The third-order valence-corrected chi connectivity index (χ3v) is 2.70. The highest BCUT2D eigenvalue weighted by atomic mass is 32.1. The minimum Gasteiger partial charge on any atom is -0.481 e. The molecule has 1 rings (SSSR count). The number of H-pyrrole nitrogens is 1. The number of nitrogens with one attached hydrogen (secondary N) is 1. The van der Waals surface area contributed by atoms with Gasteiger partial charge in [0.25, 0.3) is 5.56 Å². The van der Waals surface area contributed by atoms with E-state index in [0.717, 1.165) is 4.57 Å². The number of aromatic amines is 1. The van der Waals surface area contributed by atoms with Crippen molar-refractivity contribution in [2.24, 2.45) is 11.7 Å². The number of nitrogens with two attached hydrogens (primary N) is 1. The Bertz CT molecular complexity index is 519. The van der Waals surface area contributed by atoms with E-state index in [1.165, 1.54) is 13.1 Å². The van der Waals surface area contributed by atoms with Gasteiger partial charge in [0.1, 0.15) is 6.17 Å². The Labute approximate surface area is 96.7 Å². The normalized spacial score (nSPS) is 14.4. The summed E-state index contributed by atoms with van der Waals surface area (Å²) in [5.74, 6) is -1.97. The van der Waals surface area contributed by atoms with E-state index in [1.807, 2.05) is 0 Å². The summed E-state index contributed by atoms with van der Waals surface area (Å²) in [6.45, 7) is 3.03. The molecule has 4 N–H and O–H groups in total. The fourth-order valence-electron chi connectivity index (χ4n) is 1.22. The first-order chi connectivity index (χ1) is 7.36. The predicted octanol–water partition coefficient (Wildman–Crippen LogP) is 0.392. The fourth-order valence-corrected chi connectivity index (χ4v) is 1.49. The Morgan fingerprint density at radius 1 is 1.69 bits per heavy atom. The van der Waals surface area contributed by atoms with Crippen LogP contribution in [0.5, 0.6) is 0 Å². The highest BCUT2D eigenvalue weighted by Gasteiger charge is 2.23. The molecule has 0 aromatic carbocycles. The molecule has 0 saturated carbocycles. The van der Waals surface area contributed by atoms with E-state index < -0.39 is 18.1 Å². The van der Waals surface area contributed by atoms with E-state index in [4.69, 9.17) is 23.1 Å². The summed E-state index contributed by atoms with van der Waals surface area (Å²) < 4.78 is 1.21. The minimum absolute atomic E-state index is 0.121. The van der Waals surface area contributed by atoms with Gasteiger partial charge in [0.05, 0.1) is 5.92 Å². The van der Waals surface area contributed by atoms with Crippen LogP contribution in [0.25, 0.3) is 0 Å². The summed E-state index contributed by atoms with van der Waals surface area (Å²) in [5, 5.41) is 8.83. The van der Waals surface area contributed by atoms with Crippen molar-refractivity contribution in [2.75, 3.05) is 0 Å². The second-order valence-electron chi connectivity index (χ2n) is 3.57. The molecule has 0 saturated heterocycles. The first kappa shape index (κ1) is 12.6. The Morgan fingerprint density at radius 3 is 2.75 bits per heavy atom. The molecule has 0 aliphatic heterocycles. The summed E-state index contributed by atoms with van der Waals surface area (Å²) in [7, 11) is 0. The van der Waals surface area contributed by atoms with Crippen LogP contribution in [0.15, 0.2) is 11.0 Å². The van der Waals surface area contributed by atoms with Crippen molar-refractivity contribution in [3.8, 4) is 0 Å². The van der Waals surface area contributed by atoms with E-state index in [1.54, 1.807) is 6.92 Å². The van der Waals surface area contributed by atoms with Crippen molar-refractivity contribution in [3.63, 3.8) is 0 Å². The number of carboxylic acid groups (broad SMARTS) is 1. The lowest BCUT2D eigenvalue weighted by atomic mass is 10.1. The number of hydrogen-bond acceptors (Lipinski definition) is 4. The maximum atomic E-state index is 11.8. The van der Waals surface area contributed by atoms with Gasteiger partial charge in [0.2, 0.25) is 0 Å². The van der Waals surface area contributed by atoms with Gasteiger partial charge in [0.15, 0.2) is 4.77 Å². The highest BCUT2D eigenvalue weighted by Crippen LogP contribution is 2.10. The molecule has 6 nitrogen and oxygen atoms in total. The van der Waals surface area contributed by atoms with Crippen molar-refractivity contribution in [3.05, 3.63) is 26.9 Å². The van der Waals surface area contributed by atoms with Gasteiger partial charge in [-0.1, -0.05) is 0 Å². The monoisotopic (exact) mass is 243 g/mol. The molecule has 0 fully saturated rings. The van der Waals surface area contributed by atoms with Crippen LogP contribution < -0.4 is 11.3 Å². The van der Waals surface area contributed by atoms with Crippen molar-refractivity contribution in [1.82, 2.24) is 9.55 Å². The molecule has 0 amide bonds. The molecule has 2 unspecified atom stereocenters. The summed E-state index contributed by atoms with van der Waals surface area (Å²) in [6, 6.07) is 0. The molecule has 0 radical (unpaired) electrons. The molecule has 1 aromatic heterocycles. The molecule has 0 spiro atoms. The van der Waals surface area contributed by atoms with Gasteiger partial charge in [-0.2, -0.15) is 0 Å². The Hall–Kier alpha value is -1.47. The second-order valence-corrected chi connectivity index (χ2v) is 3.96. The Morgan fingerprint density at radius 2 is 2.25 bits per heavy atom. The largest absolute Gasteiger partial charge is 0.481 e. The zero-order chi connectivity index (χ0) is 12.5. The van der Waals surface area contributed by atoms with Crippen LogP contribution in [0.2, 0.25) is 0 Å². The molecule has 2 atom stereocenters. The molecule has 16 heavy (non-hydrogen) atoms. The van der Waals surface area contributed by atoms with Gasteiger partial charge in [-0.3, -0.25) is 14.2 Å². The lowest BCUT2D eigenvalue weighted by Crippen LogP contribution is -2.38. The molecule has 88 valence electrons. The Balaban J connectivity index is 3.34. The molecular formula is C9H13N3O3S. The average Bonchev–Trinajstić information content (AvgIpc) is 2.22. The van der Waals surface area contributed by atoms with Crippen LogP contribution in [0.4, 0.5) is 0 Å². The third-order valence-electron chi connectivity index (χ3n) is 2.39. The quantitative estimate of drug-likeness (QED) is 0.667. The number of carbonyl (C=O) groups is 1. The van der Waals surface area contributed by atoms with Crippen molar-refractivity contribution >= 4 is 18.2 Å². The molecule has 0 bridgehead atoms. The van der Waals surface area contributed by atoms with E-state index in [0.29, 0.717) is 5.56 Å². The summed E-state index contributed by atoms with van der Waals surface area (Å²) in [4.78, 5) is 25.2. The molecule has 1 heterocycles. The van der Waals surface area contributed by atoms with E-state index in [2.05, 4.69) is 4.98 Å². The van der Waals surface area contributed by atoms with Gasteiger partial charge in [0, 0.05) is 11.8 Å². The zero-order valence-electron chi connectivity index (χ0n) is 8.93. The van der Waals surface area contributed by atoms with Gasteiger partial charge >= 0.3 is 5.97 Å². The topological polar surface area (TPSA) is 101 Å². The lowest BCUT2D eigenvalue weighted by Gasteiger charge is -2.19. The van der Waals surface area contributed by atoms with Crippen LogP contribution in [0, 0.1) is 17.6 Å². The van der Waals surface area contributed by atoms with Crippen LogP contribution in [-0.2, 0) is 4.79 Å². The maximum Gasteiger partial charge on any atom is 0.309 e. The van der Waals surface area contributed by atoms with Crippen LogP contribution in [-0.4, -0.2) is 20.6 Å². The van der Waals surface area contributed by atoms with Crippen molar-refractivity contribution in [1.29, 1.82) is 0 Å². The standard InChI is InChI=1S/C9H13N3O3S/c1-4-3-11-9(16)12(7(4)13)6(10)5(2)8(14)15/h3,5-6H,10H2,1-2H3,(H,11,16)(H,14,15). The second kappa shape index (κ2) is 4.58. The number of nitrogens with zero attached hydrogens (tertiary/aromatic N) is 1. The number of carboxylic acids is 1. The first-order valence-corrected chi connectivity index (χ1v) is 5.06. The number of hydrogen-bond donors (Lipinski definition) is 3. The average molecular weight is 243 g/mol. The van der Waals surface area contributed by atoms with Crippen LogP contribution >= 0.6 is 12.2 Å². The van der Waals surface area contributed by atoms with Gasteiger partial charge in [-0.05, 0) is 26.1 Å². The predicted molar refractivity (Wildman–Crippen MR) is 60.6 cm³/mol. The smallest absolute Gasteiger partial charge is 0.309 e. The summed E-state index contributed by atoms with van der Waals surface area (Å²) in [5.41, 5.74) is 5.77. The Kier molecular flexibility index (Phi) is 3.61. The summed E-state index contributed by atoms with van der Waals surface area (Å²) in [6.07, 6.45) is 0.493. The highest BCUT2D eigenvalue weighted by molar-refractivity contribution is 7.71. The van der Waals surface area contributed by atoms with Gasteiger partial charge in [-0.25, -0.2) is 0 Å².